The van der Waals surface area contributed by atoms with E-state index in [4.69, 9.17) is 0 Å². The van der Waals surface area contributed by atoms with E-state index in [0.29, 0.717) is 5.69 Å². The summed E-state index contributed by atoms with van der Waals surface area (Å²) in [6, 6.07) is 6.60. The number of benzene rings is 1. The van der Waals surface area contributed by atoms with E-state index in [1.807, 2.05) is 0 Å². The van der Waals surface area contributed by atoms with Crippen molar-refractivity contribution in [3.63, 3.8) is 0 Å². The van der Waals surface area contributed by atoms with Gasteiger partial charge in [-0.05, 0) is 38.5 Å². The Morgan fingerprint density at radius 1 is 1.26 bits per heavy atom. The van der Waals surface area contributed by atoms with Crippen LogP contribution in [-0.2, 0) is 14.6 Å². The van der Waals surface area contributed by atoms with Crippen LogP contribution in [0.25, 0.3) is 0 Å². The van der Waals surface area contributed by atoms with Gasteiger partial charge in [0.2, 0.25) is 5.91 Å². The minimum Gasteiger partial charge on any atom is -0.389 e. The highest BCUT2D eigenvalue weighted by molar-refractivity contribution is 7.92. The largest absolute Gasteiger partial charge is 0.389 e. The van der Waals surface area contributed by atoms with Crippen LogP contribution in [-0.4, -0.2) is 30.4 Å². The van der Waals surface area contributed by atoms with E-state index in [1.54, 1.807) is 31.2 Å². The topological polar surface area (TPSA) is 83.5 Å². The van der Waals surface area contributed by atoms with Gasteiger partial charge in [0.25, 0.3) is 0 Å². The zero-order valence-electron chi connectivity index (χ0n) is 11.5. The van der Waals surface area contributed by atoms with Gasteiger partial charge in [0.1, 0.15) is 4.75 Å². The second kappa shape index (κ2) is 5.30. The maximum absolute atomic E-state index is 12.0. The minimum atomic E-state index is -3.50. The number of nitrogens with one attached hydrogen (secondary N) is 1. The molecule has 1 atom stereocenters. The fourth-order valence-electron chi connectivity index (χ4n) is 1.29. The number of hydrogen-bond acceptors (Lipinski definition) is 4. The minimum absolute atomic E-state index is 0.492. The fourth-order valence-corrected chi connectivity index (χ4v) is 1.68. The van der Waals surface area contributed by atoms with Gasteiger partial charge < -0.3 is 10.4 Å². The molecule has 5 nitrogen and oxygen atoms in total. The van der Waals surface area contributed by atoms with Crippen molar-refractivity contribution in [2.24, 2.45) is 0 Å². The molecule has 0 radical (unpaired) electrons. The average Bonchev–Trinajstić information content (AvgIpc) is 2.28. The molecule has 0 heterocycles. The van der Waals surface area contributed by atoms with Crippen LogP contribution in [0.1, 0.15) is 32.4 Å². The van der Waals surface area contributed by atoms with Crippen LogP contribution >= 0.6 is 0 Å². The van der Waals surface area contributed by atoms with E-state index in [-0.39, 0.29) is 0 Å². The van der Waals surface area contributed by atoms with Crippen LogP contribution in [0.15, 0.2) is 24.3 Å². The van der Waals surface area contributed by atoms with E-state index in [0.717, 1.165) is 11.8 Å². The third kappa shape index (κ3) is 3.54. The number of aliphatic hydroxyl groups excluding tert-OH is 1. The van der Waals surface area contributed by atoms with Crippen LogP contribution in [0.3, 0.4) is 0 Å². The van der Waals surface area contributed by atoms with Crippen molar-refractivity contribution in [2.45, 2.75) is 31.6 Å². The number of rotatable bonds is 4. The van der Waals surface area contributed by atoms with Crippen molar-refractivity contribution in [1.82, 2.24) is 0 Å². The van der Waals surface area contributed by atoms with E-state index in [1.165, 1.54) is 13.8 Å². The Kier molecular flexibility index (Phi) is 4.37. The van der Waals surface area contributed by atoms with Gasteiger partial charge in [0.05, 0.1) is 6.10 Å². The van der Waals surface area contributed by atoms with Crippen molar-refractivity contribution in [2.75, 3.05) is 11.6 Å². The molecular formula is C13H19NO4S. The summed E-state index contributed by atoms with van der Waals surface area (Å²) in [4.78, 5) is 12.0. The molecule has 0 fully saturated rings. The number of aliphatic hydroxyl groups is 1. The maximum Gasteiger partial charge on any atom is 0.245 e. The molecule has 0 aliphatic rings. The summed E-state index contributed by atoms with van der Waals surface area (Å²) in [6.45, 7) is 4.37. The Hall–Kier alpha value is -1.40. The molecule has 1 aromatic rings. The maximum atomic E-state index is 12.0. The summed E-state index contributed by atoms with van der Waals surface area (Å²) in [5.41, 5.74) is 1.21. The van der Waals surface area contributed by atoms with E-state index in [2.05, 4.69) is 5.32 Å². The van der Waals surface area contributed by atoms with Crippen LogP contribution in [0, 0.1) is 0 Å². The molecule has 1 amide bonds. The first-order valence-electron chi connectivity index (χ1n) is 5.85. The third-order valence-electron chi connectivity index (χ3n) is 3.12. The van der Waals surface area contributed by atoms with Crippen molar-refractivity contribution >= 4 is 21.4 Å². The molecule has 0 saturated carbocycles. The van der Waals surface area contributed by atoms with Gasteiger partial charge in [0, 0.05) is 11.9 Å². The molecule has 0 saturated heterocycles. The monoisotopic (exact) mass is 285 g/mol. The second-order valence-corrected chi connectivity index (χ2v) is 7.60. The van der Waals surface area contributed by atoms with Gasteiger partial charge in [-0.15, -0.1) is 0 Å². The Balaban J connectivity index is 2.89. The number of anilines is 1. The molecule has 106 valence electrons. The zero-order valence-corrected chi connectivity index (χ0v) is 12.3. The summed E-state index contributed by atoms with van der Waals surface area (Å²) in [5.74, 6) is -0.584. The molecule has 2 N–H and O–H groups in total. The van der Waals surface area contributed by atoms with Crippen molar-refractivity contribution < 1.29 is 18.3 Å². The highest BCUT2D eigenvalue weighted by Crippen LogP contribution is 2.20. The van der Waals surface area contributed by atoms with E-state index >= 15 is 0 Å². The summed E-state index contributed by atoms with van der Waals surface area (Å²) in [6.07, 6.45) is 0.445. The molecule has 1 aromatic carbocycles. The average molecular weight is 285 g/mol. The van der Waals surface area contributed by atoms with Crippen molar-refractivity contribution in [3.8, 4) is 0 Å². The standard InChI is InChI=1S/C13H19NO4S/c1-9(15)10-5-7-11(8-6-10)14-12(16)13(2,3)19(4,17)18/h5-9,15H,1-4H3,(H,14,16). The summed E-state index contributed by atoms with van der Waals surface area (Å²) in [5, 5.41) is 11.9. The number of hydrogen-bond donors (Lipinski definition) is 2. The third-order valence-corrected chi connectivity index (χ3v) is 5.16. The molecule has 0 aliphatic heterocycles. The lowest BCUT2D eigenvalue weighted by Gasteiger charge is -2.21. The molecule has 0 spiro atoms. The molecule has 1 unspecified atom stereocenters. The second-order valence-electron chi connectivity index (χ2n) is 5.03. The highest BCUT2D eigenvalue weighted by atomic mass is 32.2. The molecule has 6 heteroatoms. The molecule has 0 aliphatic carbocycles. The molecule has 0 aromatic heterocycles. The van der Waals surface area contributed by atoms with Crippen molar-refractivity contribution in [3.05, 3.63) is 29.8 Å². The van der Waals surface area contributed by atoms with Crippen LogP contribution in [0.5, 0.6) is 0 Å². The first-order chi connectivity index (χ1) is 8.55. The van der Waals surface area contributed by atoms with Gasteiger partial charge in [-0.1, -0.05) is 12.1 Å². The Labute approximate surface area is 113 Å². The van der Waals surface area contributed by atoms with Crippen LogP contribution < -0.4 is 5.32 Å². The van der Waals surface area contributed by atoms with Crippen LogP contribution in [0.4, 0.5) is 5.69 Å². The summed E-state index contributed by atoms with van der Waals surface area (Å²) in [7, 11) is -3.50. The number of carbonyl (C=O) groups excluding carboxylic acids is 1. The SMILES string of the molecule is CC(O)c1ccc(NC(=O)C(C)(C)S(C)(=O)=O)cc1. The van der Waals surface area contributed by atoms with Gasteiger partial charge in [0.15, 0.2) is 9.84 Å². The van der Waals surface area contributed by atoms with Gasteiger partial charge in [-0.2, -0.15) is 0 Å². The summed E-state index contributed by atoms with van der Waals surface area (Å²) < 4.78 is 21.6. The number of amides is 1. The fraction of sp³-hybridized carbons (Fsp3) is 0.462. The predicted octanol–water partition coefficient (Wildman–Crippen LogP) is 1.50. The molecule has 1 rings (SSSR count). The van der Waals surface area contributed by atoms with E-state index in [9.17, 15) is 18.3 Å². The van der Waals surface area contributed by atoms with Crippen LogP contribution in [0.2, 0.25) is 0 Å². The first-order valence-corrected chi connectivity index (χ1v) is 7.74. The molecule has 19 heavy (non-hydrogen) atoms. The quantitative estimate of drug-likeness (QED) is 0.878. The normalized spacial score (nSPS) is 13.9. The van der Waals surface area contributed by atoms with Gasteiger partial charge in [-0.25, -0.2) is 8.42 Å². The number of sulfone groups is 1. The van der Waals surface area contributed by atoms with Gasteiger partial charge >= 0.3 is 0 Å². The van der Waals surface area contributed by atoms with E-state index < -0.39 is 26.6 Å². The predicted molar refractivity (Wildman–Crippen MR) is 74.6 cm³/mol. The lowest BCUT2D eigenvalue weighted by molar-refractivity contribution is -0.117. The van der Waals surface area contributed by atoms with Crippen molar-refractivity contribution in [1.29, 1.82) is 0 Å². The summed E-state index contributed by atoms with van der Waals surface area (Å²) >= 11 is 0. The Morgan fingerprint density at radius 3 is 2.11 bits per heavy atom. The highest BCUT2D eigenvalue weighted by Gasteiger charge is 2.38. The number of carbonyl (C=O) groups is 1. The first kappa shape index (κ1) is 15.7. The molecular weight excluding hydrogens is 266 g/mol. The lowest BCUT2D eigenvalue weighted by atomic mass is 10.1. The molecule has 0 bridgehead atoms. The van der Waals surface area contributed by atoms with Gasteiger partial charge in [-0.3, -0.25) is 4.79 Å². The Bertz CT molecular complexity index is 559. The Morgan fingerprint density at radius 2 is 1.74 bits per heavy atom. The lowest BCUT2D eigenvalue weighted by Crippen LogP contribution is -2.43. The zero-order chi connectivity index (χ0) is 14.8. The smallest absolute Gasteiger partial charge is 0.245 e.